The van der Waals surface area contributed by atoms with Crippen LogP contribution in [-0.4, -0.2) is 28.5 Å². The average Bonchev–Trinajstić information content (AvgIpc) is 3.08. The van der Waals surface area contributed by atoms with Crippen LogP contribution >= 0.6 is 0 Å². The molecular formula is C22H21NO5. The van der Waals surface area contributed by atoms with Crippen LogP contribution < -0.4 is 4.90 Å². The maximum Gasteiger partial charge on any atom is 0.335 e. The standard InChI is InChI=1S/C22H21NO5/c1-11-10-15-12(2)16-17(21(3,4)22(15,5)28-11)19(25)23(18(16)24)14-8-6-13(7-9-14)20(26)27/h6-10H,1-5H3,(H,26,27). The molecule has 1 unspecified atom stereocenters. The van der Waals surface area contributed by atoms with Gasteiger partial charge in [0.2, 0.25) is 0 Å². The van der Waals surface area contributed by atoms with Crippen LogP contribution in [0, 0.1) is 5.41 Å². The number of anilines is 1. The molecule has 4 rings (SSSR count). The molecule has 0 saturated carbocycles. The van der Waals surface area contributed by atoms with Crippen molar-refractivity contribution in [2.75, 3.05) is 4.90 Å². The zero-order valence-corrected chi connectivity index (χ0v) is 16.4. The predicted octanol–water partition coefficient (Wildman–Crippen LogP) is 3.60. The summed E-state index contributed by atoms with van der Waals surface area (Å²) in [7, 11) is 0. The lowest BCUT2D eigenvalue weighted by Gasteiger charge is -2.45. The number of fused-ring (bicyclic) bond motifs is 1. The van der Waals surface area contributed by atoms with Gasteiger partial charge in [0.05, 0.1) is 22.6 Å². The zero-order chi connectivity index (χ0) is 20.6. The third kappa shape index (κ3) is 2.06. The number of hydrogen-bond acceptors (Lipinski definition) is 4. The number of rotatable bonds is 2. The molecule has 0 bridgehead atoms. The Bertz CT molecular complexity index is 1050. The number of hydrogen-bond donors (Lipinski definition) is 1. The van der Waals surface area contributed by atoms with Crippen LogP contribution in [0.25, 0.3) is 0 Å². The summed E-state index contributed by atoms with van der Waals surface area (Å²) < 4.78 is 6.13. The Morgan fingerprint density at radius 3 is 2.21 bits per heavy atom. The Morgan fingerprint density at radius 2 is 1.64 bits per heavy atom. The maximum atomic E-state index is 13.4. The fourth-order valence-electron chi connectivity index (χ4n) is 4.50. The third-order valence-electron chi connectivity index (χ3n) is 6.28. The first-order valence-corrected chi connectivity index (χ1v) is 9.06. The monoisotopic (exact) mass is 379 g/mol. The van der Waals surface area contributed by atoms with Crippen molar-refractivity contribution < 1.29 is 24.2 Å². The number of carbonyl (C=O) groups excluding carboxylic acids is 2. The van der Waals surface area contributed by atoms with Crippen LogP contribution in [0.5, 0.6) is 0 Å². The summed E-state index contributed by atoms with van der Waals surface area (Å²) in [4.78, 5) is 38.9. The number of allylic oxidation sites excluding steroid dienone is 1. The molecule has 1 aromatic rings. The highest BCUT2D eigenvalue weighted by Crippen LogP contribution is 2.58. The Kier molecular flexibility index (Phi) is 3.54. The second-order valence-electron chi connectivity index (χ2n) is 8.10. The minimum absolute atomic E-state index is 0.0928. The van der Waals surface area contributed by atoms with Crippen LogP contribution in [0.2, 0.25) is 0 Å². The molecule has 0 fully saturated rings. The van der Waals surface area contributed by atoms with Gasteiger partial charge in [-0.15, -0.1) is 0 Å². The van der Waals surface area contributed by atoms with Crippen molar-refractivity contribution in [1.82, 2.24) is 0 Å². The van der Waals surface area contributed by atoms with Crippen LogP contribution in [-0.2, 0) is 14.3 Å². The molecule has 0 aromatic heterocycles. The molecule has 2 amide bonds. The first kappa shape index (κ1) is 18.2. The number of ether oxygens (including phenoxy) is 1. The minimum atomic E-state index is -1.06. The van der Waals surface area contributed by atoms with Gasteiger partial charge in [-0.25, -0.2) is 9.69 Å². The van der Waals surface area contributed by atoms with E-state index in [1.807, 2.05) is 40.7 Å². The summed E-state index contributed by atoms with van der Waals surface area (Å²) in [5.74, 6) is -1.08. The van der Waals surface area contributed by atoms with Gasteiger partial charge in [0.1, 0.15) is 5.60 Å². The van der Waals surface area contributed by atoms with E-state index in [4.69, 9.17) is 9.84 Å². The Morgan fingerprint density at radius 1 is 1.04 bits per heavy atom. The number of carboxylic acid groups (broad SMARTS) is 1. The van der Waals surface area contributed by atoms with Crippen molar-refractivity contribution in [1.29, 1.82) is 0 Å². The van der Waals surface area contributed by atoms with Gasteiger partial charge in [0.25, 0.3) is 11.8 Å². The number of amides is 2. The molecule has 1 N–H and O–H groups in total. The van der Waals surface area contributed by atoms with Crippen molar-refractivity contribution in [2.45, 2.75) is 40.2 Å². The summed E-state index contributed by atoms with van der Waals surface area (Å²) in [6, 6.07) is 5.74. The lowest BCUT2D eigenvalue weighted by atomic mass is 9.61. The molecule has 0 spiro atoms. The average molecular weight is 379 g/mol. The third-order valence-corrected chi connectivity index (χ3v) is 6.28. The predicted molar refractivity (Wildman–Crippen MR) is 103 cm³/mol. The van der Waals surface area contributed by atoms with E-state index in [-0.39, 0.29) is 17.4 Å². The van der Waals surface area contributed by atoms with E-state index in [1.165, 1.54) is 24.3 Å². The van der Waals surface area contributed by atoms with Crippen LogP contribution in [0.4, 0.5) is 5.69 Å². The molecular weight excluding hydrogens is 358 g/mol. The minimum Gasteiger partial charge on any atom is -0.487 e. The molecule has 0 saturated heterocycles. The summed E-state index contributed by atoms with van der Waals surface area (Å²) in [6.07, 6.45) is 1.93. The van der Waals surface area contributed by atoms with Gasteiger partial charge < -0.3 is 9.84 Å². The number of aromatic carboxylic acids is 1. The number of benzene rings is 1. The summed E-state index contributed by atoms with van der Waals surface area (Å²) in [6.45, 7) is 9.50. The lowest BCUT2D eigenvalue weighted by molar-refractivity contribution is -0.121. The van der Waals surface area contributed by atoms with Crippen molar-refractivity contribution in [3.8, 4) is 0 Å². The molecule has 6 nitrogen and oxygen atoms in total. The normalized spacial score (nSPS) is 25.6. The van der Waals surface area contributed by atoms with Gasteiger partial charge in [0.15, 0.2) is 0 Å². The second kappa shape index (κ2) is 5.44. The molecule has 28 heavy (non-hydrogen) atoms. The highest BCUT2D eigenvalue weighted by atomic mass is 16.5. The van der Waals surface area contributed by atoms with E-state index >= 15 is 0 Å². The topological polar surface area (TPSA) is 83.9 Å². The molecule has 2 aliphatic heterocycles. The first-order chi connectivity index (χ1) is 13.0. The van der Waals surface area contributed by atoms with Gasteiger partial charge in [0, 0.05) is 16.6 Å². The SMILES string of the molecule is CC1=CC2=C(C)C3=C(C(=O)N(c4ccc(C(=O)O)cc4)C3=O)C(C)(C)C2(C)O1. The van der Waals surface area contributed by atoms with E-state index in [0.29, 0.717) is 16.8 Å². The van der Waals surface area contributed by atoms with Crippen LogP contribution in [0.3, 0.4) is 0 Å². The smallest absolute Gasteiger partial charge is 0.335 e. The number of nitrogens with zero attached hydrogens (tertiary/aromatic N) is 1. The molecule has 1 aliphatic carbocycles. The van der Waals surface area contributed by atoms with E-state index in [1.54, 1.807) is 0 Å². The highest BCUT2D eigenvalue weighted by molar-refractivity contribution is 6.35. The molecule has 2 heterocycles. The van der Waals surface area contributed by atoms with E-state index in [2.05, 4.69) is 0 Å². The van der Waals surface area contributed by atoms with Crippen molar-refractivity contribution in [2.24, 2.45) is 5.41 Å². The molecule has 1 aromatic carbocycles. The zero-order valence-electron chi connectivity index (χ0n) is 16.4. The number of carboxylic acids is 1. The second-order valence-corrected chi connectivity index (χ2v) is 8.10. The molecule has 3 aliphatic rings. The highest BCUT2D eigenvalue weighted by Gasteiger charge is 2.60. The maximum absolute atomic E-state index is 13.4. The molecule has 144 valence electrons. The van der Waals surface area contributed by atoms with Crippen molar-refractivity contribution in [3.05, 3.63) is 64.0 Å². The Hall–Kier alpha value is -3.15. The number of imide groups is 1. The van der Waals surface area contributed by atoms with Gasteiger partial charge in [-0.2, -0.15) is 0 Å². The van der Waals surface area contributed by atoms with Gasteiger partial charge in [-0.1, -0.05) is 13.8 Å². The fraction of sp³-hybridized carbons (Fsp3) is 0.318. The van der Waals surface area contributed by atoms with Crippen molar-refractivity contribution >= 4 is 23.5 Å². The quantitative estimate of drug-likeness (QED) is 0.794. The molecule has 6 heteroatoms. The van der Waals surface area contributed by atoms with Gasteiger partial charge in [-0.3, -0.25) is 9.59 Å². The van der Waals surface area contributed by atoms with Crippen LogP contribution in [0.15, 0.2) is 58.4 Å². The van der Waals surface area contributed by atoms with Gasteiger partial charge in [-0.05, 0) is 56.7 Å². The summed E-state index contributed by atoms with van der Waals surface area (Å²) in [5, 5.41) is 9.08. The largest absolute Gasteiger partial charge is 0.487 e. The number of carbonyl (C=O) groups is 3. The fourth-order valence-corrected chi connectivity index (χ4v) is 4.50. The van der Waals surface area contributed by atoms with E-state index < -0.39 is 17.0 Å². The van der Waals surface area contributed by atoms with E-state index in [0.717, 1.165) is 21.8 Å². The van der Waals surface area contributed by atoms with Crippen molar-refractivity contribution in [3.63, 3.8) is 0 Å². The lowest BCUT2D eigenvalue weighted by Crippen LogP contribution is -2.48. The van der Waals surface area contributed by atoms with Crippen LogP contribution in [0.1, 0.15) is 45.0 Å². The summed E-state index contributed by atoms with van der Waals surface area (Å²) in [5.41, 5.74) is 1.49. The molecule has 1 atom stereocenters. The summed E-state index contributed by atoms with van der Waals surface area (Å²) >= 11 is 0. The first-order valence-electron chi connectivity index (χ1n) is 9.06. The van der Waals surface area contributed by atoms with Gasteiger partial charge >= 0.3 is 5.97 Å². The Balaban J connectivity index is 1.86. The van der Waals surface area contributed by atoms with E-state index in [9.17, 15) is 14.4 Å². The molecule has 0 radical (unpaired) electrons. The Labute approximate surface area is 162 Å².